The van der Waals surface area contributed by atoms with Crippen LogP contribution in [0.2, 0.25) is 0 Å². The van der Waals surface area contributed by atoms with Crippen LogP contribution >= 0.6 is 0 Å². The van der Waals surface area contributed by atoms with Crippen LogP contribution in [-0.4, -0.2) is 11.8 Å². The van der Waals surface area contributed by atoms with Crippen LogP contribution in [0.3, 0.4) is 0 Å². The molecule has 5 nitrogen and oxygen atoms in total. The summed E-state index contributed by atoms with van der Waals surface area (Å²) in [5.74, 6) is -1.93. The number of benzene rings is 2. The molecule has 2 aromatic carbocycles. The minimum absolute atomic E-state index is 0.0855. The number of nitrogens with two attached hydrogens (primary N) is 1. The fraction of sp³-hybridized carbons (Fsp3) is 0.158. The van der Waals surface area contributed by atoms with Gasteiger partial charge in [0.2, 0.25) is 11.7 Å². The van der Waals surface area contributed by atoms with E-state index in [1.54, 1.807) is 42.5 Å². The van der Waals surface area contributed by atoms with E-state index in [2.05, 4.69) is 5.32 Å². The molecule has 4 rings (SSSR count). The molecule has 0 saturated heterocycles. The molecule has 1 aliphatic rings. The quantitative estimate of drug-likeness (QED) is 0.764. The largest absolute Gasteiger partial charge is 0.449 e. The second kappa shape index (κ2) is 5.73. The van der Waals surface area contributed by atoms with Crippen LogP contribution in [0, 0.1) is 11.7 Å². The molecule has 0 bridgehead atoms. The Morgan fingerprint density at radius 3 is 2.60 bits per heavy atom. The standard InChI is InChI=1S/C19H15FN2O3/c20-14-7-3-1-5-10(14)12-9-13(12)19(24)22-16-11-6-2-4-8-15(11)25-17(16)18(21)23/h1-8,12-13H,9H2,(H2,21,23)(H,22,24)/t12-,13-/m1/s1. The van der Waals surface area contributed by atoms with Gasteiger partial charge in [0.15, 0.2) is 0 Å². The highest BCUT2D eigenvalue weighted by molar-refractivity contribution is 6.11. The topological polar surface area (TPSA) is 85.3 Å². The van der Waals surface area contributed by atoms with Crippen LogP contribution in [-0.2, 0) is 4.79 Å². The number of amides is 2. The molecule has 1 aliphatic carbocycles. The number of fused-ring (bicyclic) bond motifs is 1. The Balaban J connectivity index is 1.60. The van der Waals surface area contributed by atoms with Gasteiger partial charge in [0, 0.05) is 11.3 Å². The lowest BCUT2D eigenvalue weighted by atomic mass is 10.1. The molecule has 2 amide bonds. The van der Waals surface area contributed by atoms with Crippen LogP contribution in [0.1, 0.15) is 28.5 Å². The average Bonchev–Trinajstić information content (AvgIpc) is 3.31. The summed E-state index contributed by atoms with van der Waals surface area (Å²) in [6.07, 6.45) is 0.564. The van der Waals surface area contributed by atoms with E-state index in [1.807, 2.05) is 0 Å². The van der Waals surface area contributed by atoms with Crippen molar-refractivity contribution >= 4 is 28.5 Å². The lowest BCUT2D eigenvalue weighted by molar-refractivity contribution is -0.117. The van der Waals surface area contributed by atoms with E-state index in [0.717, 1.165) is 0 Å². The molecule has 3 N–H and O–H groups in total. The molecule has 0 aliphatic heterocycles. The number of hydrogen-bond acceptors (Lipinski definition) is 3. The Morgan fingerprint density at radius 1 is 1.12 bits per heavy atom. The number of nitrogens with one attached hydrogen (secondary N) is 1. The van der Waals surface area contributed by atoms with Gasteiger partial charge in [-0.2, -0.15) is 0 Å². The van der Waals surface area contributed by atoms with Crippen molar-refractivity contribution in [2.24, 2.45) is 11.7 Å². The third-order valence-corrected chi connectivity index (χ3v) is 4.50. The molecular weight excluding hydrogens is 323 g/mol. The number of carbonyl (C=O) groups excluding carboxylic acids is 2. The molecular formula is C19H15FN2O3. The van der Waals surface area contributed by atoms with Gasteiger partial charge in [0.1, 0.15) is 17.1 Å². The first-order valence-corrected chi connectivity index (χ1v) is 7.93. The van der Waals surface area contributed by atoms with Crippen molar-refractivity contribution in [1.82, 2.24) is 0 Å². The molecule has 25 heavy (non-hydrogen) atoms. The van der Waals surface area contributed by atoms with Crippen LogP contribution in [0.4, 0.5) is 10.1 Å². The highest BCUT2D eigenvalue weighted by Crippen LogP contribution is 2.49. The minimum Gasteiger partial charge on any atom is -0.449 e. The molecule has 3 aromatic rings. The first-order chi connectivity index (χ1) is 12.1. The number of rotatable bonds is 4. The van der Waals surface area contributed by atoms with E-state index < -0.39 is 5.91 Å². The van der Waals surface area contributed by atoms with Crippen molar-refractivity contribution < 1.29 is 18.4 Å². The zero-order valence-corrected chi connectivity index (χ0v) is 13.2. The van der Waals surface area contributed by atoms with Crippen LogP contribution in [0.25, 0.3) is 11.0 Å². The Kier molecular flexibility index (Phi) is 3.53. The molecule has 0 unspecified atom stereocenters. The van der Waals surface area contributed by atoms with Crippen LogP contribution in [0.15, 0.2) is 52.9 Å². The van der Waals surface area contributed by atoms with Crippen molar-refractivity contribution in [2.75, 3.05) is 5.32 Å². The molecule has 2 atom stereocenters. The van der Waals surface area contributed by atoms with Gasteiger partial charge >= 0.3 is 0 Å². The smallest absolute Gasteiger partial charge is 0.286 e. The Labute approximate surface area is 142 Å². The number of halogens is 1. The second-order valence-corrected chi connectivity index (χ2v) is 6.13. The number of carbonyl (C=O) groups is 2. The van der Waals surface area contributed by atoms with Crippen molar-refractivity contribution in [3.05, 3.63) is 65.7 Å². The van der Waals surface area contributed by atoms with E-state index >= 15 is 0 Å². The molecule has 126 valence electrons. The number of primary amides is 1. The minimum atomic E-state index is -0.757. The molecule has 1 fully saturated rings. The molecule has 0 radical (unpaired) electrons. The van der Waals surface area contributed by atoms with Crippen LogP contribution in [0.5, 0.6) is 0 Å². The number of para-hydroxylation sites is 1. The number of hydrogen-bond donors (Lipinski definition) is 2. The SMILES string of the molecule is NC(=O)c1oc2ccccc2c1NC(=O)[C@@H]1C[C@@H]1c1ccccc1F. The first-order valence-electron chi connectivity index (χ1n) is 7.93. The maximum atomic E-state index is 13.9. The van der Waals surface area contributed by atoms with Crippen LogP contribution < -0.4 is 11.1 Å². The first kappa shape index (κ1) is 15.4. The maximum absolute atomic E-state index is 13.9. The van der Waals surface area contributed by atoms with Gasteiger partial charge in [-0.1, -0.05) is 30.3 Å². The summed E-state index contributed by atoms with van der Waals surface area (Å²) >= 11 is 0. The Hall–Kier alpha value is -3.15. The highest BCUT2D eigenvalue weighted by Gasteiger charge is 2.45. The lowest BCUT2D eigenvalue weighted by Gasteiger charge is -2.05. The van der Waals surface area contributed by atoms with E-state index in [0.29, 0.717) is 23.0 Å². The zero-order chi connectivity index (χ0) is 17.6. The molecule has 1 saturated carbocycles. The van der Waals surface area contributed by atoms with Crippen molar-refractivity contribution in [3.63, 3.8) is 0 Å². The van der Waals surface area contributed by atoms with Gasteiger partial charge in [-0.25, -0.2) is 4.39 Å². The fourth-order valence-corrected chi connectivity index (χ4v) is 3.16. The predicted molar refractivity (Wildman–Crippen MR) is 90.6 cm³/mol. The number of anilines is 1. The third-order valence-electron chi connectivity index (χ3n) is 4.50. The van der Waals surface area contributed by atoms with Gasteiger partial charge in [0.25, 0.3) is 5.91 Å². The van der Waals surface area contributed by atoms with Crippen molar-refractivity contribution in [1.29, 1.82) is 0 Å². The van der Waals surface area contributed by atoms with Crippen molar-refractivity contribution in [3.8, 4) is 0 Å². The Bertz CT molecular complexity index is 995. The molecule has 1 heterocycles. The molecule has 6 heteroatoms. The van der Waals surface area contributed by atoms with Gasteiger partial charge in [-0.15, -0.1) is 0 Å². The van der Waals surface area contributed by atoms with E-state index in [-0.39, 0.29) is 35.0 Å². The van der Waals surface area contributed by atoms with Gasteiger partial charge in [0.05, 0.1) is 0 Å². The lowest BCUT2D eigenvalue weighted by Crippen LogP contribution is -2.18. The summed E-state index contributed by atoms with van der Waals surface area (Å²) in [6.45, 7) is 0. The van der Waals surface area contributed by atoms with Crippen molar-refractivity contribution in [2.45, 2.75) is 12.3 Å². The fourth-order valence-electron chi connectivity index (χ4n) is 3.16. The molecule has 1 aromatic heterocycles. The summed E-state index contributed by atoms with van der Waals surface area (Å²) in [5, 5.41) is 3.34. The monoisotopic (exact) mass is 338 g/mol. The summed E-state index contributed by atoms with van der Waals surface area (Å²) in [5.41, 5.74) is 6.62. The Morgan fingerprint density at radius 2 is 1.84 bits per heavy atom. The van der Waals surface area contributed by atoms with Gasteiger partial charge in [-0.05, 0) is 36.1 Å². The highest BCUT2D eigenvalue weighted by atomic mass is 19.1. The summed E-state index contributed by atoms with van der Waals surface area (Å²) in [4.78, 5) is 24.2. The van der Waals surface area contributed by atoms with E-state index in [1.165, 1.54) is 6.07 Å². The zero-order valence-electron chi connectivity index (χ0n) is 13.2. The average molecular weight is 338 g/mol. The summed E-state index contributed by atoms with van der Waals surface area (Å²) < 4.78 is 19.3. The van der Waals surface area contributed by atoms with E-state index in [4.69, 9.17) is 10.2 Å². The van der Waals surface area contributed by atoms with Gasteiger partial charge < -0.3 is 15.5 Å². The number of furan rings is 1. The van der Waals surface area contributed by atoms with E-state index in [9.17, 15) is 14.0 Å². The van der Waals surface area contributed by atoms with Gasteiger partial charge in [-0.3, -0.25) is 9.59 Å². The second-order valence-electron chi connectivity index (χ2n) is 6.13. The third kappa shape index (κ3) is 2.65. The maximum Gasteiger partial charge on any atom is 0.286 e. The normalized spacial score (nSPS) is 18.9. The predicted octanol–water partition coefficient (Wildman–Crippen LogP) is 3.41. The summed E-state index contributed by atoms with van der Waals surface area (Å²) in [7, 11) is 0. The molecule has 0 spiro atoms. The summed E-state index contributed by atoms with van der Waals surface area (Å²) in [6, 6.07) is 13.4.